The smallest absolute Gasteiger partial charge is 0.110 e. The molecule has 15 heavy (non-hydrogen) atoms. The summed E-state index contributed by atoms with van der Waals surface area (Å²) in [6.45, 7) is 4.19. The van der Waals surface area contributed by atoms with E-state index in [0.29, 0.717) is 0 Å². The molecule has 1 aromatic carbocycles. The Labute approximate surface area is 93.6 Å². The molecule has 2 heteroatoms. The Morgan fingerprint density at radius 2 is 1.73 bits per heavy atom. The van der Waals surface area contributed by atoms with E-state index in [2.05, 4.69) is 38.1 Å². The molecule has 1 nitrogen and oxygen atoms in total. The Morgan fingerprint density at radius 1 is 1.07 bits per heavy atom. The number of nitriles is 1. The summed E-state index contributed by atoms with van der Waals surface area (Å²) < 4.78 is 0. The van der Waals surface area contributed by atoms with Crippen molar-refractivity contribution in [3.8, 4) is 16.5 Å². The first-order valence-electron chi connectivity index (χ1n) is 4.77. The van der Waals surface area contributed by atoms with E-state index < -0.39 is 0 Å². The van der Waals surface area contributed by atoms with E-state index in [1.165, 1.54) is 21.6 Å². The number of benzene rings is 1. The molecule has 0 aliphatic carbocycles. The molecule has 0 aliphatic rings. The average Bonchev–Trinajstić information content (AvgIpc) is 2.64. The fourth-order valence-electron chi connectivity index (χ4n) is 1.67. The Bertz CT molecular complexity index is 511. The molecule has 74 valence electrons. The zero-order valence-electron chi connectivity index (χ0n) is 8.74. The molecule has 2 aromatic rings. The fraction of sp³-hybridized carbons (Fsp3) is 0.154. The van der Waals surface area contributed by atoms with Crippen molar-refractivity contribution in [1.82, 2.24) is 0 Å². The van der Waals surface area contributed by atoms with Crippen LogP contribution in [0.25, 0.3) is 10.4 Å². The van der Waals surface area contributed by atoms with Crippen LogP contribution >= 0.6 is 11.3 Å². The van der Waals surface area contributed by atoms with E-state index in [1.54, 1.807) is 11.3 Å². The zero-order valence-corrected chi connectivity index (χ0v) is 9.56. The molecule has 1 heterocycles. The minimum absolute atomic E-state index is 0.768. The topological polar surface area (TPSA) is 23.8 Å². The van der Waals surface area contributed by atoms with Crippen molar-refractivity contribution < 1.29 is 0 Å². The van der Waals surface area contributed by atoms with Gasteiger partial charge in [-0.15, -0.1) is 11.3 Å². The van der Waals surface area contributed by atoms with Crippen LogP contribution in [0, 0.1) is 25.2 Å². The number of hydrogen-bond donors (Lipinski definition) is 0. The van der Waals surface area contributed by atoms with Gasteiger partial charge in [0.15, 0.2) is 0 Å². The van der Waals surface area contributed by atoms with E-state index in [4.69, 9.17) is 5.26 Å². The summed E-state index contributed by atoms with van der Waals surface area (Å²) in [7, 11) is 0. The van der Waals surface area contributed by atoms with Crippen molar-refractivity contribution >= 4 is 11.3 Å². The molecule has 0 atom stereocenters. The predicted octanol–water partition coefficient (Wildman–Crippen LogP) is 3.90. The quantitative estimate of drug-likeness (QED) is 0.704. The van der Waals surface area contributed by atoms with Gasteiger partial charge in [0.05, 0.1) is 0 Å². The van der Waals surface area contributed by atoms with Crippen LogP contribution in [0.4, 0.5) is 0 Å². The van der Waals surface area contributed by atoms with Gasteiger partial charge in [0, 0.05) is 4.88 Å². The zero-order chi connectivity index (χ0) is 10.8. The number of rotatable bonds is 1. The molecule has 0 bridgehead atoms. The van der Waals surface area contributed by atoms with E-state index in [1.807, 2.05) is 12.1 Å². The maximum atomic E-state index is 8.77. The predicted molar refractivity (Wildman–Crippen MR) is 63.9 cm³/mol. The van der Waals surface area contributed by atoms with Gasteiger partial charge in [0.1, 0.15) is 10.9 Å². The van der Waals surface area contributed by atoms with E-state index in [-0.39, 0.29) is 0 Å². The van der Waals surface area contributed by atoms with Crippen molar-refractivity contribution in [2.45, 2.75) is 13.8 Å². The van der Waals surface area contributed by atoms with Crippen LogP contribution in [-0.2, 0) is 0 Å². The lowest BCUT2D eigenvalue weighted by Crippen LogP contribution is -1.79. The molecule has 0 radical (unpaired) electrons. The summed E-state index contributed by atoms with van der Waals surface area (Å²) in [6.07, 6.45) is 0. The summed E-state index contributed by atoms with van der Waals surface area (Å²) in [5.41, 5.74) is 3.73. The third-order valence-electron chi connectivity index (χ3n) is 2.22. The van der Waals surface area contributed by atoms with Gasteiger partial charge in [-0.1, -0.05) is 29.3 Å². The van der Waals surface area contributed by atoms with E-state index >= 15 is 0 Å². The lowest BCUT2D eigenvalue weighted by atomic mass is 10.1. The molecular weight excluding hydrogens is 202 g/mol. The number of aryl methyl sites for hydroxylation is 2. The van der Waals surface area contributed by atoms with Gasteiger partial charge in [-0.2, -0.15) is 5.26 Å². The summed E-state index contributed by atoms with van der Waals surface area (Å²) >= 11 is 1.54. The number of nitrogens with zero attached hydrogens (tertiary/aromatic N) is 1. The molecule has 0 N–H and O–H groups in total. The van der Waals surface area contributed by atoms with Gasteiger partial charge >= 0.3 is 0 Å². The maximum absolute atomic E-state index is 8.77. The lowest BCUT2D eigenvalue weighted by molar-refractivity contribution is 1.39. The summed E-state index contributed by atoms with van der Waals surface area (Å²) in [6, 6.07) is 12.5. The Balaban J connectivity index is 2.50. The SMILES string of the molecule is Cc1cc(C)cc(-c2ccc(C#N)s2)c1. The number of thiophene rings is 1. The van der Waals surface area contributed by atoms with Crippen molar-refractivity contribution in [2.24, 2.45) is 0 Å². The molecule has 2 rings (SSSR count). The van der Waals surface area contributed by atoms with E-state index in [0.717, 1.165) is 4.88 Å². The van der Waals surface area contributed by atoms with Crippen LogP contribution in [0.15, 0.2) is 30.3 Å². The van der Waals surface area contributed by atoms with Crippen molar-refractivity contribution in [3.63, 3.8) is 0 Å². The molecule has 0 aliphatic heterocycles. The highest BCUT2D eigenvalue weighted by molar-refractivity contribution is 7.16. The van der Waals surface area contributed by atoms with Crippen molar-refractivity contribution in [1.29, 1.82) is 5.26 Å². The normalized spacial score (nSPS) is 9.93. The van der Waals surface area contributed by atoms with Gasteiger partial charge in [0.2, 0.25) is 0 Å². The second-order valence-corrected chi connectivity index (χ2v) is 4.74. The third kappa shape index (κ3) is 2.08. The van der Waals surface area contributed by atoms with Gasteiger partial charge in [-0.05, 0) is 31.5 Å². The van der Waals surface area contributed by atoms with Crippen LogP contribution in [0.3, 0.4) is 0 Å². The highest BCUT2D eigenvalue weighted by atomic mass is 32.1. The molecule has 1 aromatic heterocycles. The lowest BCUT2D eigenvalue weighted by Gasteiger charge is -2.01. The second-order valence-electron chi connectivity index (χ2n) is 3.65. The molecule has 0 saturated heterocycles. The molecular formula is C13H11NS. The van der Waals surface area contributed by atoms with Crippen molar-refractivity contribution in [2.75, 3.05) is 0 Å². The second kappa shape index (κ2) is 3.88. The molecule has 0 fully saturated rings. The van der Waals surface area contributed by atoms with Gasteiger partial charge in [0.25, 0.3) is 0 Å². The largest absolute Gasteiger partial charge is 0.192 e. The minimum Gasteiger partial charge on any atom is -0.192 e. The Morgan fingerprint density at radius 3 is 2.27 bits per heavy atom. The van der Waals surface area contributed by atoms with Gasteiger partial charge in [-0.25, -0.2) is 0 Å². The number of hydrogen-bond acceptors (Lipinski definition) is 2. The van der Waals surface area contributed by atoms with Gasteiger partial charge in [-0.3, -0.25) is 0 Å². The molecule has 0 amide bonds. The van der Waals surface area contributed by atoms with Gasteiger partial charge < -0.3 is 0 Å². The highest BCUT2D eigenvalue weighted by Gasteiger charge is 2.03. The average molecular weight is 213 g/mol. The van der Waals surface area contributed by atoms with E-state index in [9.17, 15) is 0 Å². The van der Waals surface area contributed by atoms with Crippen LogP contribution in [0.1, 0.15) is 16.0 Å². The standard InChI is InChI=1S/C13H11NS/c1-9-5-10(2)7-11(6-9)13-4-3-12(8-14)15-13/h3-7H,1-2H3. The van der Waals surface area contributed by atoms with Crippen LogP contribution in [-0.4, -0.2) is 0 Å². The highest BCUT2D eigenvalue weighted by Crippen LogP contribution is 2.29. The first kappa shape index (κ1) is 9.95. The minimum atomic E-state index is 0.768. The molecule has 0 saturated carbocycles. The molecule has 0 spiro atoms. The third-order valence-corrected chi connectivity index (χ3v) is 3.26. The first-order chi connectivity index (χ1) is 7.19. The maximum Gasteiger partial charge on any atom is 0.110 e. The van der Waals surface area contributed by atoms with Crippen molar-refractivity contribution in [3.05, 3.63) is 46.3 Å². The summed E-state index contributed by atoms with van der Waals surface area (Å²) in [5, 5.41) is 8.77. The van der Waals surface area contributed by atoms with Crippen LogP contribution in [0.2, 0.25) is 0 Å². The Kier molecular flexibility index (Phi) is 2.57. The monoisotopic (exact) mass is 213 g/mol. The fourth-order valence-corrected chi connectivity index (χ4v) is 2.46. The molecule has 0 unspecified atom stereocenters. The summed E-state index contributed by atoms with van der Waals surface area (Å²) in [5.74, 6) is 0. The first-order valence-corrected chi connectivity index (χ1v) is 5.59. The summed E-state index contributed by atoms with van der Waals surface area (Å²) in [4.78, 5) is 1.93. The van der Waals surface area contributed by atoms with Crippen LogP contribution < -0.4 is 0 Å². The Hall–Kier alpha value is -1.59. The van der Waals surface area contributed by atoms with Crippen LogP contribution in [0.5, 0.6) is 0 Å².